The van der Waals surface area contributed by atoms with Crippen LogP contribution in [0.25, 0.3) is 0 Å². The third kappa shape index (κ3) is 1.17. The molecule has 0 amide bonds. The van der Waals surface area contributed by atoms with E-state index in [-0.39, 0.29) is 6.17 Å². The van der Waals surface area contributed by atoms with Crippen LogP contribution in [0.15, 0.2) is 36.7 Å². The van der Waals surface area contributed by atoms with E-state index in [1.165, 1.54) is 0 Å². The molecule has 3 heteroatoms. The van der Waals surface area contributed by atoms with Crippen LogP contribution in [0, 0.1) is 0 Å². The molecule has 1 aromatic carbocycles. The number of anilines is 1. The fraction of sp³-hybridized carbons (Fsp3) is 0.467. The number of benzene rings is 1. The Balaban J connectivity index is 2.27. The summed E-state index contributed by atoms with van der Waals surface area (Å²) in [6, 6.07) is 8.11. The van der Waals surface area contributed by atoms with Crippen LogP contribution in [0.5, 0.6) is 0 Å². The van der Waals surface area contributed by atoms with Crippen LogP contribution in [-0.4, -0.2) is 23.8 Å². The quantitative estimate of drug-likeness (QED) is 0.693. The molecule has 0 radical (unpaired) electrons. The molecular formula is C15H19FN2. The largest absolute Gasteiger partial charge is 0.356 e. The molecule has 18 heavy (non-hydrogen) atoms. The zero-order chi connectivity index (χ0) is 13.1. The molecule has 2 nitrogen and oxygen atoms in total. The molecule has 0 aromatic heterocycles. The van der Waals surface area contributed by atoms with Crippen molar-refractivity contribution in [2.45, 2.75) is 38.0 Å². The highest BCUT2D eigenvalue weighted by Gasteiger charge is 2.57. The zero-order valence-corrected chi connectivity index (χ0v) is 11.3. The van der Waals surface area contributed by atoms with Gasteiger partial charge in [0, 0.05) is 30.5 Å². The SMILES string of the molecule is CN1C=CN2c3ccccc3C(C)(C)[C@](C)(F)C12. The molecule has 2 atom stereocenters. The second-order valence-electron chi connectivity index (χ2n) is 5.96. The van der Waals surface area contributed by atoms with E-state index in [1.807, 2.05) is 61.3 Å². The summed E-state index contributed by atoms with van der Waals surface area (Å²) < 4.78 is 15.4. The highest BCUT2D eigenvalue weighted by Crippen LogP contribution is 2.52. The Morgan fingerprint density at radius 2 is 1.78 bits per heavy atom. The average Bonchev–Trinajstić information content (AvgIpc) is 2.70. The van der Waals surface area contributed by atoms with Crippen LogP contribution in [0.2, 0.25) is 0 Å². The van der Waals surface area contributed by atoms with Gasteiger partial charge in [-0.15, -0.1) is 0 Å². The Labute approximate surface area is 108 Å². The Kier molecular flexibility index (Phi) is 2.11. The van der Waals surface area contributed by atoms with E-state index in [4.69, 9.17) is 0 Å². The predicted octanol–water partition coefficient (Wildman–Crippen LogP) is 3.26. The summed E-state index contributed by atoms with van der Waals surface area (Å²) in [5, 5.41) is 0. The third-order valence-electron chi connectivity index (χ3n) is 4.67. The van der Waals surface area contributed by atoms with Crippen molar-refractivity contribution in [3.05, 3.63) is 42.2 Å². The van der Waals surface area contributed by atoms with Gasteiger partial charge >= 0.3 is 0 Å². The molecule has 2 heterocycles. The molecule has 2 aliphatic heterocycles. The summed E-state index contributed by atoms with van der Waals surface area (Å²) in [6.45, 7) is 5.70. The minimum absolute atomic E-state index is 0.262. The fourth-order valence-corrected chi connectivity index (χ4v) is 3.21. The van der Waals surface area contributed by atoms with Crippen LogP contribution in [0.1, 0.15) is 26.3 Å². The van der Waals surface area contributed by atoms with Gasteiger partial charge in [-0.05, 0) is 18.6 Å². The third-order valence-corrected chi connectivity index (χ3v) is 4.67. The van der Waals surface area contributed by atoms with Gasteiger partial charge < -0.3 is 9.80 Å². The molecule has 96 valence electrons. The number of hydrogen-bond donors (Lipinski definition) is 0. The van der Waals surface area contributed by atoms with Crippen molar-refractivity contribution in [3.63, 3.8) is 0 Å². The Morgan fingerprint density at radius 1 is 1.11 bits per heavy atom. The van der Waals surface area contributed by atoms with E-state index in [0.29, 0.717) is 0 Å². The number of para-hydroxylation sites is 1. The predicted molar refractivity (Wildman–Crippen MR) is 72.2 cm³/mol. The van der Waals surface area contributed by atoms with Gasteiger partial charge in [-0.25, -0.2) is 4.39 Å². The monoisotopic (exact) mass is 246 g/mol. The molecule has 0 N–H and O–H groups in total. The van der Waals surface area contributed by atoms with Gasteiger partial charge in [-0.2, -0.15) is 0 Å². The standard InChI is InChI=1S/C15H19FN2/c1-14(2)11-7-5-6-8-12(11)18-10-9-17(4)13(18)15(14,3)16/h5-10,13H,1-4H3/t13?,15-/m1/s1. The van der Waals surface area contributed by atoms with Crippen molar-refractivity contribution in [2.24, 2.45) is 0 Å². The van der Waals surface area contributed by atoms with Crippen molar-refractivity contribution in [2.75, 3.05) is 11.9 Å². The first-order valence-corrected chi connectivity index (χ1v) is 6.34. The highest BCUT2D eigenvalue weighted by molar-refractivity contribution is 5.64. The van der Waals surface area contributed by atoms with E-state index >= 15 is 4.39 Å². The molecule has 0 aliphatic carbocycles. The number of hydrogen-bond acceptors (Lipinski definition) is 2. The van der Waals surface area contributed by atoms with Gasteiger partial charge in [0.25, 0.3) is 0 Å². The lowest BCUT2D eigenvalue weighted by atomic mass is 9.67. The second kappa shape index (κ2) is 3.28. The fourth-order valence-electron chi connectivity index (χ4n) is 3.21. The maximum atomic E-state index is 15.4. The van der Waals surface area contributed by atoms with Crippen LogP contribution < -0.4 is 4.90 Å². The van der Waals surface area contributed by atoms with E-state index in [1.54, 1.807) is 6.92 Å². The minimum Gasteiger partial charge on any atom is -0.356 e. The lowest BCUT2D eigenvalue weighted by Crippen LogP contribution is -2.63. The Hall–Kier alpha value is -1.51. The van der Waals surface area contributed by atoms with Gasteiger partial charge in [0.1, 0.15) is 6.17 Å². The summed E-state index contributed by atoms with van der Waals surface area (Å²) in [7, 11) is 1.93. The molecule has 0 saturated carbocycles. The lowest BCUT2D eigenvalue weighted by Gasteiger charge is -2.52. The maximum absolute atomic E-state index is 15.4. The first-order valence-electron chi connectivity index (χ1n) is 6.34. The Bertz CT molecular complexity index is 519. The average molecular weight is 246 g/mol. The van der Waals surface area contributed by atoms with Crippen LogP contribution in [0.4, 0.5) is 10.1 Å². The van der Waals surface area contributed by atoms with Crippen LogP contribution in [-0.2, 0) is 5.41 Å². The number of alkyl halides is 1. The topological polar surface area (TPSA) is 6.48 Å². The van der Waals surface area contributed by atoms with Gasteiger partial charge in [0.15, 0.2) is 5.67 Å². The molecule has 0 spiro atoms. The first kappa shape index (κ1) is 11.6. The van der Waals surface area contributed by atoms with E-state index < -0.39 is 11.1 Å². The Morgan fingerprint density at radius 3 is 2.50 bits per heavy atom. The van der Waals surface area contributed by atoms with Crippen molar-refractivity contribution < 1.29 is 4.39 Å². The van der Waals surface area contributed by atoms with Crippen molar-refractivity contribution in [3.8, 4) is 0 Å². The van der Waals surface area contributed by atoms with Crippen LogP contribution >= 0.6 is 0 Å². The summed E-state index contributed by atoms with van der Waals surface area (Å²) in [5.74, 6) is 0. The number of fused-ring (bicyclic) bond motifs is 3. The lowest BCUT2D eigenvalue weighted by molar-refractivity contribution is 0.0119. The first-order chi connectivity index (χ1) is 8.37. The van der Waals surface area contributed by atoms with E-state index in [9.17, 15) is 0 Å². The summed E-state index contributed by atoms with van der Waals surface area (Å²) in [6.07, 6.45) is 3.65. The van der Waals surface area contributed by atoms with Crippen molar-refractivity contribution >= 4 is 5.69 Å². The molecule has 0 fully saturated rings. The van der Waals surface area contributed by atoms with E-state index in [2.05, 4.69) is 6.07 Å². The zero-order valence-electron chi connectivity index (χ0n) is 11.3. The van der Waals surface area contributed by atoms with Gasteiger partial charge in [0.2, 0.25) is 0 Å². The maximum Gasteiger partial charge on any atom is 0.156 e. The molecule has 0 saturated heterocycles. The number of halogens is 1. The minimum atomic E-state index is -1.32. The van der Waals surface area contributed by atoms with Gasteiger partial charge in [-0.3, -0.25) is 0 Å². The molecule has 0 bridgehead atoms. The number of rotatable bonds is 0. The van der Waals surface area contributed by atoms with Gasteiger partial charge in [-0.1, -0.05) is 32.0 Å². The van der Waals surface area contributed by atoms with Crippen molar-refractivity contribution in [1.29, 1.82) is 0 Å². The van der Waals surface area contributed by atoms with Gasteiger partial charge in [0.05, 0.1) is 0 Å². The van der Waals surface area contributed by atoms with Crippen molar-refractivity contribution in [1.82, 2.24) is 4.90 Å². The smallest absolute Gasteiger partial charge is 0.156 e. The van der Waals surface area contributed by atoms with E-state index in [0.717, 1.165) is 11.3 Å². The molecule has 3 rings (SSSR count). The molecular weight excluding hydrogens is 227 g/mol. The number of nitrogens with zero attached hydrogens (tertiary/aromatic N) is 2. The highest BCUT2D eigenvalue weighted by atomic mass is 19.1. The summed E-state index contributed by atoms with van der Waals surface area (Å²) in [5.41, 5.74) is 0.361. The summed E-state index contributed by atoms with van der Waals surface area (Å²) in [4.78, 5) is 4.00. The second-order valence-corrected chi connectivity index (χ2v) is 5.96. The normalized spacial score (nSPS) is 32.4. The molecule has 1 aromatic rings. The summed E-state index contributed by atoms with van der Waals surface area (Å²) >= 11 is 0. The molecule has 2 aliphatic rings. The van der Waals surface area contributed by atoms with Crippen LogP contribution in [0.3, 0.4) is 0 Å². The molecule has 1 unspecified atom stereocenters.